The number of carbonyl (C=O) groups excluding carboxylic acids is 1. The predicted octanol–water partition coefficient (Wildman–Crippen LogP) is 3.90. The standard InChI is InChI=1S/C23H28N2O5/c1-15(2)22(11-27-12-22)17-7-5-9-24-19(17)29-21(26)30-20-18(8-6-10-25-20)23(16(3)4)13-28-14-23/h5-10,15-16H,11-14H2,1-4H3. The second-order valence-corrected chi connectivity index (χ2v) is 8.77. The Balaban J connectivity index is 1.57. The second kappa shape index (κ2) is 7.96. The van der Waals surface area contributed by atoms with Crippen LogP contribution in [-0.4, -0.2) is 42.6 Å². The van der Waals surface area contributed by atoms with Crippen molar-refractivity contribution in [2.24, 2.45) is 11.8 Å². The summed E-state index contributed by atoms with van der Waals surface area (Å²) in [5.74, 6) is 1.12. The summed E-state index contributed by atoms with van der Waals surface area (Å²) in [7, 11) is 0. The van der Waals surface area contributed by atoms with Gasteiger partial charge in [-0.15, -0.1) is 0 Å². The highest BCUT2D eigenvalue weighted by molar-refractivity contribution is 5.67. The number of carbonyl (C=O) groups is 1. The minimum Gasteiger partial charge on any atom is -0.379 e. The van der Waals surface area contributed by atoms with Crippen molar-refractivity contribution in [3.8, 4) is 11.8 Å². The fraction of sp³-hybridized carbons (Fsp3) is 0.522. The number of pyridine rings is 2. The zero-order valence-electron chi connectivity index (χ0n) is 17.9. The molecule has 0 spiro atoms. The Kier molecular flexibility index (Phi) is 5.51. The zero-order valence-corrected chi connectivity index (χ0v) is 17.9. The highest BCUT2D eigenvalue weighted by atomic mass is 16.7. The molecule has 0 amide bonds. The molecule has 4 rings (SSSR count). The van der Waals surface area contributed by atoms with Crippen LogP contribution in [0.15, 0.2) is 36.7 Å². The first kappa shape index (κ1) is 20.8. The third-order valence-corrected chi connectivity index (χ3v) is 6.62. The minimum atomic E-state index is -0.854. The fourth-order valence-electron chi connectivity index (χ4n) is 4.12. The monoisotopic (exact) mass is 412 g/mol. The third kappa shape index (κ3) is 3.36. The van der Waals surface area contributed by atoms with E-state index in [1.54, 1.807) is 12.4 Å². The average Bonchev–Trinajstić information content (AvgIpc) is 2.62. The normalized spacial score (nSPS) is 19.1. The quantitative estimate of drug-likeness (QED) is 0.666. The molecule has 0 unspecified atom stereocenters. The molecule has 2 fully saturated rings. The summed E-state index contributed by atoms with van der Waals surface area (Å²) < 4.78 is 22.1. The number of hydrogen-bond acceptors (Lipinski definition) is 7. The zero-order chi connectivity index (χ0) is 21.4. The summed E-state index contributed by atoms with van der Waals surface area (Å²) in [6, 6.07) is 7.55. The van der Waals surface area contributed by atoms with Crippen molar-refractivity contribution in [3.05, 3.63) is 47.8 Å². The van der Waals surface area contributed by atoms with Crippen molar-refractivity contribution in [3.63, 3.8) is 0 Å². The van der Waals surface area contributed by atoms with E-state index >= 15 is 0 Å². The van der Waals surface area contributed by atoms with E-state index in [0.29, 0.717) is 38.3 Å². The van der Waals surface area contributed by atoms with E-state index in [-0.39, 0.29) is 22.6 Å². The predicted molar refractivity (Wildman–Crippen MR) is 110 cm³/mol. The van der Waals surface area contributed by atoms with Gasteiger partial charge in [-0.05, 0) is 24.0 Å². The van der Waals surface area contributed by atoms with Crippen LogP contribution in [0.4, 0.5) is 4.79 Å². The molecule has 0 aliphatic carbocycles. The SMILES string of the molecule is CC(C)C1(c2cccnc2OC(=O)Oc2ncccc2C2(C(C)C)COC2)COC1. The topological polar surface area (TPSA) is 79.8 Å². The number of hydrogen-bond donors (Lipinski definition) is 0. The number of ether oxygens (including phenoxy) is 4. The second-order valence-electron chi connectivity index (χ2n) is 8.77. The maximum absolute atomic E-state index is 12.7. The van der Waals surface area contributed by atoms with Gasteiger partial charge in [0.05, 0.1) is 26.4 Å². The van der Waals surface area contributed by atoms with Gasteiger partial charge in [-0.1, -0.05) is 39.8 Å². The van der Waals surface area contributed by atoms with Crippen LogP contribution in [-0.2, 0) is 20.3 Å². The molecule has 0 radical (unpaired) electrons. The third-order valence-electron chi connectivity index (χ3n) is 6.62. The number of rotatable bonds is 6. The van der Waals surface area contributed by atoms with E-state index in [0.717, 1.165) is 11.1 Å². The Labute approximate surface area is 176 Å². The van der Waals surface area contributed by atoms with Gasteiger partial charge in [-0.3, -0.25) is 0 Å². The van der Waals surface area contributed by atoms with Crippen LogP contribution in [0.25, 0.3) is 0 Å². The molecule has 30 heavy (non-hydrogen) atoms. The molecule has 160 valence electrons. The Morgan fingerprint density at radius 2 is 1.23 bits per heavy atom. The lowest BCUT2D eigenvalue weighted by atomic mass is 9.70. The van der Waals surface area contributed by atoms with Crippen LogP contribution in [0.2, 0.25) is 0 Å². The number of aromatic nitrogens is 2. The van der Waals surface area contributed by atoms with E-state index < -0.39 is 6.16 Å². The highest BCUT2D eigenvalue weighted by Crippen LogP contribution is 2.44. The first-order valence-corrected chi connectivity index (χ1v) is 10.4. The summed E-state index contributed by atoms with van der Waals surface area (Å²) in [5.41, 5.74) is 1.28. The van der Waals surface area contributed by atoms with Crippen molar-refractivity contribution < 1.29 is 23.7 Å². The molecule has 0 saturated carbocycles. The summed E-state index contributed by atoms with van der Waals surface area (Å²) >= 11 is 0. The van der Waals surface area contributed by atoms with E-state index in [4.69, 9.17) is 18.9 Å². The van der Waals surface area contributed by atoms with Crippen molar-refractivity contribution in [2.45, 2.75) is 38.5 Å². The molecule has 0 N–H and O–H groups in total. The molecule has 7 nitrogen and oxygen atoms in total. The van der Waals surface area contributed by atoms with Crippen molar-refractivity contribution in [1.82, 2.24) is 9.97 Å². The van der Waals surface area contributed by atoms with Gasteiger partial charge < -0.3 is 18.9 Å². The molecule has 2 aliphatic rings. The summed E-state index contributed by atoms with van der Waals surface area (Å²) in [6.45, 7) is 10.8. The van der Waals surface area contributed by atoms with E-state index in [9.17, 15) is 4.79 Å². The molecule has 4 heterocycles. The maximum atomic E-state index is 12.7. The average molecular weight is 412 g/mol. The first-order valence-electron chi connectivity index (χ1n) is 10.4. The van der Waals surface area contributed by atoms with Crippen LogP contribution < -0.4 is 9.47 Å². The van der Waals surface area contributed by atoms with Crippen LogP contribution in [0, 0.1) is 11.8 Å². The highest BCUT2D eigenvalue weighted by Gasteiger charge is 2.47. The molecular formula is C23H28N2O5. The molecular weight excluding hydrogens is 384 g/mol. The largest absolute Gasteiger partial charge is 0.522 e. The van der Waals surface area contributed by atoms with Crippen molar-refractivity contribution in [1.29, 1.82) is 0 Å². The van der Waals surface area contributed by atoms with Crippen LogP contribution >= 0.6 is 0 Å². The lowest BCUT2D eigenvalue weighted by molar-refractivity contribution is -0.0852. The lowest BCUT2D eigenvalue weighted by Crippen LogP contribution is -2.51. The van der Waals surface area contributed by atoms with Gasteiger partial charge in [0.2, 0.25) is 11.8 Å². The van der Waals surface area contributed by atoms with Crippen molar-refractivity contribution in [2.75, 3.05) is 26.4 Å². The Morgan fingerprint density at radius 3 is 1.53 bits per heavy atom. The van der Waals surface area contributed by atoms with Crippen molar-refractivity contribution >= 4 is 6.16 Å². The molecule has 0 aromatic carbocycles. The van der Waals surface area contributed by atoms with Crippen LogP contribution in [0.5, 0.6) is 11.8 Å². The van der Waals surface area contributed by atoms with Gasteiger partial charge in [-0.2, -0.15) is 0 Å². The summed E-state index contributed by atoms with van der Waals surface area (Å²) in [6.07, 6.45) is 2.35. The smallest absolute Gasteiger partial charge is 0.379 e. The molecule has 2 aromatic heterocycles. The van der Waals surface area contributed by atoms with Gasteiger partial charge in [0.15, 0.2) is 0 Å². The van der Waals surface area contributed by atoms with Gasteiger partial charge in [0, 0.05) is 34.4 Å². The van der Waals surface area contributed by atoms with Gasteiger partial charge >= 0.3 is 6.16 Å². The first-order chi connectivity index (χ1) is 14.4. The molecule has 2 aliphatic heterocycles. The fourth-order valence-corrected chi connectivity index (χ4v) is 4.12. The van der Waals surface area contributed by atoms with E-state index in [2.05, 4.69) is 37.7 Å². The summed E-state index contributed by atoms with van der Waals surface area (Å²) in [4.78, 5) is 21.3. The Morgan fingerprint density at radius 1 is 0.833 bits per heavy atom. The van der Waals surface area contributed by atoms with Gasteiger partial charge in [0.1, 0.15) is 0 Å². The molecule has 0 atom stereocenters. The molecule has 0 bridgehead atoms. The Bertz CT molecular complexity index is 846. The van der Waals surface area contributed by atoms with Gasteiger partial charge in [-0.25, -0.2) is 14.8 Å². The molecule has 7 heteroatoms. The van der Waals surface area contributed by atoms with Gasteiger partial charge in [0.25, 0.3) is 0 Å². The van der Waals surface area contributed by atoms with Crippen LogP contribution in [0.3, 0.4) is 0 Å². The van der Waals surface area contributed by atoms with E-state index in [1.807, 2.05) is 24.3 Å². The number of nitrogens with zero attached hydrogens (tertiary/aromatic N) is 2. The minimum absolute atomic E-state index is 0.217. The summed E-state index contributed by atoms with van der Waals surface area (Å²) in [5, 5.41) is 0. The Hall–Kier alpha value is -2.51. The molecule has 2 saturated heterocycles. The lowest BCUT2D eigenvalue weighted by Gasteiger charge is -2.45. The maximum Gasteiger partial charge on any atom is 0.522 e. The molecule has 2 aromatic rings. The van der Waals surface area contributed by atoms with Crippen LogP contribution in [0.1, 0.15) is 38.8 Å². The van der Waals surface area contributed by atoms with E-state index in [1.165, 1.54) is 0 Å².